The minimum atomic E-state index is 0.736. The van der Waals surface area contributed by atoms with E-state index in [1.807, 2.05) is 66.0 Å². The molecule has 6 rings (SSSR count). The summed E-state index contributed by atoms with van der Waals surface area (Å²) in [6, 6.07) is 18.0. The summed E-state index contributed by atoms with van der Waals surface area (Å²) < 4.78 is 3.64. The first-order valence-electron chi connectivity index (χ1n) is 10.2. The molecule has 5 aromatic rings. The number of aryl methyl sites for hydroxylation is 1. The first-order valence-corrected chi connectivity index (χ1v) is 10.2. The van der Waals surface area contributed by atoms with E-state index in [-0.39, 0.29) is 0 Å². The minimum absolute atomic E-state index is 0.736. The van der Waals surface area contributed by atoms with E-state index >= 15 is 0 Å². The number of tetrazole rings is 1. The number of rotatable bonds is 3. The lowest BCUT2D eigenvalue weighted by Gasteiger charge is -2.35. The van der Waals surface area contributed by atoms with Crippen molar-refractivity contribution in [1.29, 1.82) is 0 Å². The fraction of sp³-hybridized carbons (Fsp3) is 0.238. The van der Waals surface area contributed by atoms with Crippen molar-refractivity contribution in [3.05, 3.63) is 60.4 Å². The molecule has 10 nitrogen and oxygen atoms in total. The van der Waals surface area contributed by atoms with Crippen LogP contribution in [-0.4, -0.2) is 66.0 Å². The number of piperazine rings is 1. The summed E-state index contributed by atoms with van der Waals surface area (Å²) >= 11 is 0. The fourth-order valence-electron chi connectivity index (χ4n) is 4.07. The molecule has 1 aliphatic heterocycles. The lowest BCUT2D eigenvalue weighted by molar-refractivity contribution is 0.614. The van der Waals surface area contributed by atoms with Gasteiger partial charge in [0.15, 0.2) is 5.65 Å². The Balaban J connectivity index is 1.31. The number of aromatic nitrogens is 8. The summed E-state index contributed by atoms with van der Waals surface area (Å²) in [4.78, 5) is 14.0. The van der Waals surface area contributed by atoms with E-state index in [2.05, 4.69) is 35.4 Å². The Morgan fingerprint density at radius 3 is 2.29 bits per heavy atom. The van der Waals surface area contributed by atoms with Crippen LogP contribution in [0.4, 0.5) is 11.9 Å². The van der Waals surface area contributed by atoms with Gasteiger partial charge in [0.1, 0.15) is 5.82 Å². The molecule has 0 radical (unpaired) electrons. The quantitative estimate of drug-likeness (QED) is 0.444. The Morgan fingerprint density at radius 2 is 1.48 bits per heavy atom. The minimum Gasteiger partial charge on any atom is -0.337 e. The summed E-state index contributed by atoms with van der Waals surface area (Å²) in [5.74, 6) is 2.30. The molecule has 0 bridgehead atoms. The second kappa shape index (κ2) is 7.01. The van der Waals surface area contributed by atoms with Crippen LogP contribution in [0.2, 0.25) is 0 Å². The van der Waals surface area contributed by atoms with Gasteiger partial charge in [0.05, 0.1) is 11.2 Å². The number of fused-ring (bicyclic) bond motifs is 3. The van der Waals surface area contributed by atoms with Gasteiger partial charge in [0.25, 0.3) is 0 Å². The van der Waals surface area contributed by atoms with Crippen LogP contribution in [0.15, 0.2) is 54.6 Å². The van der Waals surface area contributed by atoms with Gasteiger partial charge in [-0.05, 0) is 41.6 Å². The molecule has 1 aliphatic rings. The van der Waals surface area contributed by atoms with Crippen molar-refractivity contribution in [1.82, 2.24) is 39.8 Å². The van der Waals surface area contributed by atoms with Crippen molar-refractivity contribution in [3.63, 3.8) is 0 Å². The second-order valence-electron chi connectivity index (χ2n) is 7.52. The molecule has 2 aromatic carbocycles. The van der Waals surface area contributed by atoms with Gasteiger partial charge in [-0.15, -0.1) is 5.10 Å². The highest BCUT2D eigenvalue weighted by Gasteiger charge is 2.25. The number of benzene rings is 2. The average molecular weight is 412 g/mol. The van der Waals surface area contributed by atoms with E-state index in [1.54, 1.807) is 4.68 Å². The van der Waals surface area contributed by atoms with Crippen LogP contribution in [0, 0.1) is 6.92 Å². The third kappa shape index (κ3) is 2.95. The van der Waals surface area contributed by atoms with E-state index in [0.29, 0.717) is 0 Å². The number of nitrogens with zero attached hydrogens (tertiary/aromatic N) is 10. The molecule has 4 heterocycles. The Hall–Kier alpha value is -4.08. The van der Waals surface area contributed by atoms with Crippen molar-refractivity contribution >= 4 is 28.4 Å². The van der Waals surface area contributed by atoms with Crippen molar-refractivity contribution in [2.45, 2.75) is 6.92 Å². The van der Waals surface area contributed by atoms with Gasteiger partial charge >= 0.3 is 0 Å². The summed E-state index contributed by atoms with van der Waals surface area (Å²) in [6.45, 7) is 5.02. The van der Waals surface area contributed by atoms with Gasteiger partial charge in [-0.25, -0.2) is 9.97 Å². The average Bonchev–Trinajstić information content (AvgIpc) is 3.46. The highest BCUT2D eigenvalue weighted by Crippen LogP contribution is 2.24. The van der Waals surface area contributed by atoms with Crippen LogP contribution in [-0.2, 0) is 0 Å². The van der Waals surface area contributed by atoms with Gasteiger partial charge < -0.3 is 9.80 Å². The largest absolute Gasteiger partial charge is 0.337 e. The van der Waals surface area contributed by atoms with Gasteiger partial charge in [0, 0.05) is 31.6 Å². The Bertz CT molecular complexity index is 1370. The van der Waals surface area contributed by atoms with E-state index in [1.165, 1.54) is 0 Å². The molecule has 0 amide bonds. The highest BCUT2D eigenvalue weighted by atomic mass is 15.6. The van der Waals surface area contributed by atoms with Gasteiger partial charge in [-0.2, -0.15) is 9.20 Å². The maximum absolute atomic E-state index is 4.92. The number of para-hydroxylation sites is 2. The molecule has 0 saturated carbocycles. The standard InChI is InChI=1S/C21H20N10/c1-15-22-19-17-9-5-6-10-18(17)23-20(31(19)25-15)28-11-13-29(14-12-28)21-24-26-27-30(21)16-7-3-2-4-8-16/h2-10H,11-14H2,1H3. The highest BCUT2D eigenvalue weighted by molar-refractivity contribution is 5.92. The second-order valence-corrected chi connectivity index (χ2v) is 7.52. The van der Waals surface area contributed by atoms with Crippen LogP contribution < -0.4 is 9.80 Å². The lowest BCUT2D eigenvalue weighted by atomic mass is 10.2. The fourth-order valence-corrected chi connectivity index (χ4v) is 4.07. The molecule has 10 heteroatoms. The van der Waals surface area contributed by atoms with Crippen molar-refractivity contribution in [2.75, 3.05) is 36.0 Å². The summed E-state index contributed by atoms with van der Waals surface area (Å²) in [5, 5.41) is 18.0. The zero-order valence-corrected chi connectivity index (χ0v) is 17.0. The van der Waals surface area contributed by atoms with Crippen LogP contribution in [0.3, 0.4) is 0 Å². The SMILES string of the molecule is Cc1nc2c3ccccc3nc(N3CCN(c4nnnn4-c4ccccc4)CC3)n2n1. The molecule has 154 valence electrons. The Labute approximate surface area is 177 Å². The smallest absolute Gasteiger partial charge is 0.250 e. The maximum Gasteiger partial charge on any atom is 0.250 e. The monoisotopic (exact) mass is 412 g/mol. The molecule has 0 N–H and O–H groups in total. The number of hydrogen-bond acceptors (Lipinski definition) is 8. The van der Waals surface area contributed by atoms with E-state index in [4.69, 9.17) is 4.98 Å². The molecule has 0 atom stereocenters. The third-order valence-corrected chi connectivity index (χ3v) is 5.57. The molecule has 1 fully saturated rings. The predicted octanol–water partition coefficient (Wildman–Crippen LogP) is 1.89. The summed E-state index contributed by atoms with van der Waals surface area (Å²) in [7, 11) is 0. The van der Waals surface area contributed by atoms with Crippen molar-refractivity contribution in [3.8, 4) is 5.69 Å². The van der Waals surface area contributed by atoms with Crippen LogP contribution in [0.1, 0.15) is 5.82 Å². The van der Waals surface area contributed by atoms with Gasteiger partial charge in [-0.3, -0.25) is 0 Å². The van der Waals surface area contributed by atoms with E-state index < -0.39 is 0 Å². The first kappa shape index (κ1) is 17.8. The van der Waals surface area contributed by atoms with Gasteiger partial charge in [0.2, 0.25) is 11.9 Å². The number of hydrogen-bond donors (Lipinski definition) is 0. The Kier molecular flexibility index (Phi) is 4.01. The van der Waals surface area contributed by atoms with Gasteiger partial charge in [-0.1, -0.05) is 35.4 Å². The van der Waals surface area contributed by atoms with E-state index in [0.717, 1.165) is 66.1 Å². The summed E-state index contributed by atoms with van der Waals surface area (Å²) in [6.07, 6.45) is 0. The molecular formula is C21H20N10. The van der Waals surface area contributed by atoms with Crippen LogP contribution >= 0.6 is 0 Å². The lowest BCUT2D eigenvalue weighted by Crippen LogP contribution is -2.48. The van der Waals surface area contributed by atoms with Crippen LogP contribution in [0.25, 0.3) is 22.2 Å². The predicted molar refractivity (Wildman–Crippen MR) is 117 cm³/mol. The topological polar surface area (TPSA) is 93.2 Å². The molecule has 0 unspecified atom stereocenters. The third-order valence-electron chi connectivity index (χ3n) is 5.57. The zero-order valence-electron chi connectivity index (χ0n) is 17.0. The summed E-state index contributed by atoms with van der Waals surface area (Å²) in [5.41, 5.74) is 2.71. The molecule has 0 aliphatic carbocycles. The van der Waals surface area contributed by atoms with Crippen molar-refractivity contribution < 1.29 is 0 Å². The molecular weight excluding hydrogens is 392 g/mol. The molecule has 1 saturated heterocycles. The molecule has 31 heavy (non-hydrogen) atoms. The normalized spacial score (nSPS) is 14.6. The number of anilines is 2. The molecule has 0 spiro atoms. The van der Waals surface area contributed by atoms with E-state index in [9.17, 15) is 0 Å². The van der Waals surface area contributed by atoms with Crippen LogP contribution in [0.5, 0.6) is 0 Å². The zero-order chi connectivity index (χ0) is 20.8. The first-order chi connectivity index (χ1) is 15.3. The van der Waals surface area contributed by atoms with Crippen molar-refractivity contribution in [2.24, 2.45) is 0 Å². The molecule has 3 aromatic heterocycles. The Morgan fingerprint density at radius 1 is 0.774 bits per heavy atom. The maximum atomic E-state index is 4.92.